The number of rotatable bonds is 9. The Bertz CT molecular complexity index is 1250. The van der Waals surface area contributed by atoms with Crippen molar-refractivity contribution < 1.29 is 22.1 Å². The summed E-state index contributed by atoms with van der Waals surface area (Å²) in [4.78, 5) is 19.2. The number of amides is 1. The van der Waals surface area contributed by atoms with Crippen molar-refractivity contribution >= 4 is 16.0 Å². The van der Waals surface area contributed by atoms with Crippen LogP contribution in [0.15, 0.2) is 61.2 Å². The first-order valence-electron chi connectivity index (χ1n) is 11.6. The molecule has 0 saturated carbocycles. The maximum absolute atomic E-state index is 12.7. The van der Waals surface area contributed by atoms with Gasteiger partial charge in [0.25, 0.3) is 5.91 Å². The number of carbonyl (C=O) groups is 1. The van der Waals surface area contributed by atoms with E-state index in [1.165, 1.54) is 17.7 Å². The van der Waals surface area contributed by atoms with E-state index >= 15 is 0 Å². The summed E-state index contributed by atoms with van der Waals surface area (Å²) in [6.45, 7) is 5.07. The van der Waals surface area contributed by atoms with Gasteiger partial charge in [-0.25, -0.2) is 4.98 Å². The summed E-state index contributed by atoms with van der Waals surface area (Å²) in [5, 5.41) is 3.06. The second-order valence-corrected chi connectivity index (χ2v) is 10.1. The average molecular weight is 499 g/mol. The average Bonchev–Trinajstić information content (AvgIpc) is 3.35. The maximum atomic E-state index is 12.7. The molecule has 0 aliphatic carbocycles. The molecule has 0 atom stereocenters. The largest absolute Gasteiger partial charge is 0.492 e. The fraction of sp³-hybridized carbons (Fsp3) is 0.360. The van der Waals surface area contributed by atoms with Crippen LogP contribution in [0.1, 0.15) is 35.7 Å². The summed E-state index contributed by atoms with van der Waals surface area (Å²) in [5.41, 5.74) is 2.50. The molecular formula is C25H30N4O5S. The van der Waals surface area contributed by atoms with Gasteiger partial charge in [-0.1, -0.05) is 12.1 Å². The lowest BCUT2D eigenvalue weighted by molar-refractivity contribution is 0.0908. The number of likely N-dealkylation sites (tertiary alicyclic amines) is 1. The molecule has 186 valence electrons. The highest BCUT2D eigenvalue weighted by molar-refractivity contribution is 7.86. The van der Waals surface area contributed by atoms with Crippen LogP contribution in [-0.4, -0.2) is 60.8 Å². The smallest absolute Gasteiger partial charge is 0.306 e. The van der Waals surface area contributed by atoms with E-state index in [1.54, 1.807) is 24.7 Å². The Hall–Kier alpha value is -3.37. The van der Waals surface area contributed by atoms with Gasteiger partial charge >= 0.3 is 10.1 Å². The molecule has 0 unspecified atom stereocenters. The summed E-state index contributed by atoms with van der Waals surface area (Å²) in [7, 11) is -3.65. The van der Waals surface area contributed by atoms with Gasteiger partial charge in [-0.3, -0.25) is 9.69 Å². The van der Waals surface area contributed by atoms with E-state index in [-0.39, 0.29) is 17.7 Å². The number of benzene rings is 2. The molecule has 2 aromatic carbocycles. The molecule has 4 rings (SSSR count). The normalized spacial score (nSPS) is 15.0. The molecular weight excluding hydrogens is 468 g/mol. The molecule has 0 spiro atoms. The van der Waals surface area contributed by atoms with Crippen LogP contribution >= 0.6 is 0 Å². The topological polar surface area (TPSA) is 103 Å². The van der Waals surface area contributed by atoms with E-state index in [2.05, 4.69) is 33.4 Å². The number of aromatic nitrogens is 2. The molecule has 1 aliphatic heterocycles. The number of nitrogens with zero attached hydrogens (tertiary/aromatic N) is 3. The molecule has 1 aliphatic rings. The number of hydrogen-bond donors (Lipinski definition) is 1. The minimum absolute atomic E-state index is 0.0563. The van der Waals surface area contributed by atoms with Gasteiger partial charge in [0.15, 0.2) is 0 Å². The molecule has 1 amide bonds. The van der Waals surface area contributed by atoms with E-state index in [0.717, 1.165) is 50.2 Å². The SMILES string of the molecule is CCOc1cc(CN2CCC(NC(=O)c3cccc(OS(C)(=O)=O)c3)CC2)ccc1-n1ccnc1. The van der Waals surface area contributed by atoms with Crippen LogP contribution in [-0.2, 0) is 16.7 Å². The Balaban J connectivity index is 1.32. The predicted octanol–water partition coefficient (Wildman–Crippen LogP) is 3.00. The standard InChI is InChI=1S/C25H30N4O5S/c1-3-33-24-15-19(7-8-23(24)29-14-11-26-18-29)17-28-12-9-21(10-13-28)27-25(30)20-5-4-6-22(16-20)34-35(2,31)32/h4-8,11,14-16,18,21H,3,9-10,12-13,17H2,1-2H3,(H,27,30). The number of hydrogen-bond acceptors (Lipinski definition) is 7. The van der Waals surface area contributed by atoms with Crippen LogP contribution in [0.4, 0.5) is 0 Å². The Labute approximate surface area is 205 Å². The van der Waals surface area contributed by atoms with Crippen molar-refractivity contribution in [1.82, 2.24) is 19.8 Å². The second kappa shape index (κ2) is 10.9. The predicted molar refractivity (Wildman–Crippen MR) is 132 cm³/mol. The van der Waals surface area contributed by atoms with E-state index in [4.69, 9.17) is 8.92 Å². The zero-order valence-electron chi connectivity index (χ0n) is 19.9. The quantitative estimate of drug-likeness (QED) is 0.453. The highest BCUT2D eigenvalue weighted by Crippen LogP contribution is 2.26. The molecule has 2 heterocycles. The molecule has 35 heavy (non-hydrogen) atoms. The van der Waals surface area contributed by atoms with Crippen molar-refractivity contribution in [3.8, 4) is 17.2 Å². The molecule has 10 heteroatoms. The molecule has 1 N–H and O–H groups in total. The lowest BCUT2D eigenvalue weighted by Gasteiger charge is -2.32. The first-order chi connectivity index (χ1) is 16.8. The van der Waals surface area contributed by atoms with Crippen molar-refractivity contribution in [3.63, 3.8) is 0 Å². The van der Waals surface area contributed by atoms with Crippen LogP contribution < -0.4 is 14.2 Å². The van der Waals surface area contributed by atoms with E-state index in [9.17, 15) is 13.2 Å². The van der Waals surface area contributed by atoms with E-state index in [1.807, 2.05) is 17.7 Å². The van der Waals surface area contributed by atoms with Gasteiger partial charge in [0.2, 0.25) is 0 Å². The van der Waals surface area contributed by atoms with Gasteiger partial charge in [0, 0.05) is 43.6 Å². The zero-order valence-corrected chi connectivity index (χ0v) is 20.7. The van der Waals surface area contributed by atoms with Crippen molar-refractivity contribution in [2.75, 3.05) is 26.0 Å². The first-order valence-corrected chi connectivity index (χ1v) is 13.4. The Kier molecular flexibility index (Phi) is 7.72. The van der Waals surface area contributed by atoms with Gasteiger partial charge in [0.1, 0.15) is 11.5 Å². The molecule has 0 radical (unpaired) electrons. The first kappa shape index (κ1) is 24.7. The fourth-order valence-electron chi connectivity index (χ4n) is 4.17. The number of piperidine rings is 1. The van der Waals surface area contributed by atoms with Crippen LogP contribution in [0.2, 0.25) is 0 Å². The number of ether oxygens (including phenoxy) is 1. The number of nitrogens with one attached hydrogen (secondary N) is 1. The van der Waals surface area contributed by atoms with E-state index < -0.39 is 10.1 Å². The summed E-state index contributed by atoms with van der Waals surface area (Å²) in [5.74, 6) is 0.714. The highest BCUT2D eigenvalue weighted by atomic mass is 32.2. The number of carbonyl (C=O) groups excluding carboxylic acids is 1. The summed E-state index contributed by atoms with van der Waals surface area (Å²) >= 11 is 0. The molecule has 0 bridgehead atoms. The fourth-order valence-corrected chi connectivity index (χ4v) is 4.62. The Morgan fingerprint density at radius 2 is 1.97 bits per heavy atom. The van der Waals surface area contributed by atoms with Crippen molar-refractivity contribution in [2.24, 2.45) is 0 Å². The lowest BCUT2D eigenvalue weighted by atomic mass is 10.0. The van der Waals surface area contributed by atoms with Crippen LogP contribution in [0, 0.1) is 0 Å². The molecule has 9 nitrogen and oxygen atoms in total. The molecule has 1 aromatic heterocycles. The highest BCUT2D eigenvalue weighted by Gasteiger charge is 2.22. The minimum atomic E-state index is -3.65. The molecule has 1 saturated heterocycles. The molecule has 1 fully saturated rings. The minimum Gasteiger partial charge on any atom is -0.492 e. The van der Waals surface area contributed by atoms with Gasteiger partial charge < -0.3 is 18.8 Å². The summed E-state index contributed by atoms with van der Waals surface area (Å²) < 4.78 is 35.4. The van der Waals surface area contributed by atoms with Crippen molar-refractivity contribution in [2.45, 2.75) is 32.4 Å². The van der Waals surface area contributed by atoms with Crippen LogP contribution in [0.5, 0.6) is 11.5 Å². The van der Waals surface area contributed by atoms with Gasteiger partial charge in [-0.2, -0.15) is 8.42 Å². The van der Waals surface area contributed by atoms with Crippen LogP contribution in [0.25, 0.3) is 5.69 Å². The Morgan fingerprint density at radius 3 is 2.66 bits per heavy atom. The Morgan fingerprint density at radius 1 is 1.17 bits per heavy atom. The van der Waals surface area contributed by atoms with Gasteiger partial charge in [-0.15, -0.1) is 0 Å². The number of imidazole rings is 1. The third-order valence-corrected chi connectivity index (χ3v) is 6.27. The van der Waals surface area contributed by atoms with E-state index in [0.29, 0.717) is 12.2 Å². The monoisotopic (exact) mass is 498 g/mol. The maximum Gasteiger partial charge on any atom is 0.306 e. The lowest BCUT2D eigenvalue weighted by Crippen LogP contribution is -2.44. The van der Waals surface area contributed by atoms with Crippen LogP contribution in [0.3, 0.4) is 0 Å². The summed E-state index contributed by atoms with van der Waals surface area (Å²) in [6, 6.07) is 12.5. The van der Waals surface area contributed by atoms with Crippen molar-refractivity contribution in [3.05, 3.63) is 72.3 Å². The van der Waals surface area contributed by atoms with Gasteiger partial charge in [-0.05, 0) is 55.7 Å². The van der Waals surface area contributed by atoms with Crippen molar-refractivity contribution in [1.29, 1.82) is 0 Å². The molecule has 3 aromatic rings. The second-order valence-electron chi connectivity index (χ2n) is 8.54. The third-order valence-electron chi connectivity index (χ3n) is 5.78. The third kappa shape index (κ3) is 6.83. The van der Waals surface area contributed by atoms with Gasteiger partial charge in [0.05, 0.1) is 24.9 Å². The zero-order chi connectivity index (χ0) is 24.8. The summed E-state index contributed by atoms with van der Waals surface area (Å²) in [6.07, 6.45) is 8.02.